The molecule has 1 aromatic rings. The first-order valence-corrected chi connectivity index (χ1v) is 8.45. The standard InChI is InChI=1S/C17H23ClN2O/c18-11-17(21)20-10-4-7-16(20)13-19(15-8-9-15)12-14-5-2-1-3-6-14/h1-3,5-6,15-16H,4,7-13H2/t16-/m1/s1. The Bertz CT molecular complexity index is 475. The Balaban J connectivity index is 1.64. The van der Waals surface area contributed by atoms with Crippen molar-refractivity contribution in [1.82, 2.24) is 9.80 Å². The van der Waals surface area contributed by atoms with Gasteiger partial charge in [-0.2, -0.15) is 0 Å². The van der Waals surface area contributed by atoms with Crippen LogP contribution in [0.4, 0.5) is 0 Å². The Morgan fingerprint density at radius 3 is 2.67 bits per heavy atom. The number of benzene rings is 1. The Morgan fingerprint density at radius 2 is 2.00 bits per heavy atom. The predicted octanol–water partition coefficient (Wildman–Crippen LogP) is 2.88. The molecular formula is C17H23ClN2O. The zero-order valence-electron chi connectivity index (χ0n) is 12.4. The molecule has 0 spiro atoms. The van der Waals surface area contributed by atoms with Crippen molar-refractivity contribution in [3.8, 4) is 0 Å². The number of amides is 1. The number of hydrogen-bond donors (Lipinski definition) is 0. The van der Waals surface area contributed by atoms with Gasteiger partial charge in [0.05, 0.1) is 0 Å². The van der Waals surface area contributed by atoms with Crippen molar-refractivity contribution in [2.24, 2.45) is 0 Å². The van der Waals surface area contributed by atoms with Gasteiger partial charge in [-0.3, -0.25) is 9.69 Å². The van der Waals surface area contributed by atoms with E-state index in [4.69, 9.17) is 11.6 Å². The van der Waals surface area contributed by atoms with E-state index in [-0.39, 0.29) is 11.8 Å². The van der Waals surface area contributed by atoms with Crippen LogP contribution in [0.5, 0.6) is 0 Å². The summed E-state index contributed by atoms with van der Waals surface area (Å²) < 4.78 is 0. The summed E-state index contributed by atoms with van der Waals surface area (Å²) >= 11 is 5.73. The monoisotopic (exact) mass is 306 g/mol. The minimum Gasteiger partial charge on any atom is -0.337 e. The maximum absolute atomic E-state index is 11.9. The average Bonchev–Trinajstić information content (AvgIpc) is 3.27. The number of carbonyl (C=O) groups is 1. The van der Waals surface area contributed by atoms with Crippen molar-refractivity contribution in [3.05, 3.63) is 35.9 Å². The van der Waals surface area contributed by atoms with Crippen LogP contribution in [0, 0.1) is 0 Å². The lowest BCUT2D eigenvalue weighted by atomic mass is 10.1. The molecule has 1 heterocycles. The largest absolute Gasteiger partial charge is 0.337 e. The number of hydrogen-bond acceptors (Lipinski definition) is 2. The van der Waals surface area contributed by atoms with Crippen molar-refractivity contribution < 1.29 is 4.79 Å². The maximum Gasteiger partial charge on any atom is 0.237 e. The first-order chi connectivity index (χ1) is 10.3. The van der Waals surface area contributed by atoms with E-state index in [1.54, 1.807) is 0 Å². The lowest BCUT2D eigenvalue weighted by Gasteiger charge is -2.30. The molecule has 1 atom stereocenters. The molecule has 1 saturated heterocycles. The predicted molar refractivity (Wildman–Crippen MR) is 85.3 cm³/mol. The van der Waals surface area contributed by atoms with Gasteiger partial charge in [0.25, 0.3) is 0 Å². The molecule has 0 unspecified atom stereocenters. The van der Waals surface area contributed by atoms with Crippen LogP contribution in [0.25, 0.3) is 0 Å². The molecule has 3 nitrogen and oxygen atoms in total. The first kappa shape index (κ1) is 14.9. The molecule has 2 fully saturated rings. The molecule has 0 radical (unpaired) electrons. The minimum absolute atomic E-state index is 0.0922. The lowest BCUT2D eigenvalue weighted by molar-refractivity contribution is -0.129. The number of alkyl halides is 1. The highest BCUT2D eigenvalue weighted by atomic mass is 35.5. The summed E-state index contributed by atoms with van der Waals surface area (Å²) in [5.74, 6) is 0.202. The molecule has 1 amide bonds. The number of nitrogens with zero attached hydrogens (tertiary/aromatic N) is 2. The molecule has 0 aromatic heterocycles. The summed E-state index contributed by atoms with van der Waals surface area (Å²) in [5.41, 5.74) is 1.36. The van der Waals surface area contributed by atoms with Gasteiger partial charge in [0.1, 0.15) is 5.88 Å². The van der Waals surface area contributed by atoms with Gasteiger partial charge in [-0.1, -0.05) is 30.3 Å². The van der Waals surface area contributed by atoms with E-state index < -0.39 is 0 Å². The zero-order valence-corrected chi connectivity index (χ0v) is 13.1. The molecule has 1 aliphatic heterocycles. The van der Waals surface area contributed by atoms with E-state index in [2.05, 4.69) is 35.2 Å². The molecule has 4 heteroatoms. The Hall–Kier alpha value is -1.06. The van der Waals surface area contributed by atoms with Crippen LogP contribution in [-0.4, -0.2) is 46.8 Å². The van der Waals surface area contributed by atoms with Crippen LogP contribution in [0.3, 0.4) is 0 Å². The van der Waals surface area contributed by atoms with Crippen molar-refractivity contribution in [2.75, 3.05) is 19.0 Å². The normalized spacial score (nSPS) is 22.0. The second-order valence-corrected chi connectivity index (χ2v) is 6.43. The third kappa shape index (κ3) is 3.78. The third-order valence-corrected chi connectivity index (χ3v) is 4.78. The third-order valence-electron chi connectivity index (χ3n) is 4.55. The Morgan fingerprint density at radius 1 is 1.24 bits per heavy atom. The van der Waals surface area contributed by atoms with Gasteiger partial charge in [-0.15, -0.1) is 11.6 Å². The smallest absolute Gasteiger partial charge is 0.237 e. The highest BCUT2D eigenvalue weighted by molar-refractivity contribution is 6.27. The zero-order chi connectivity index (χ0) is 14.7. The molecule has 3 rings (SSSR count). The van der Waals surface area contributed by atoms with Crippen molar-refractivity contribution in [2.45, 2.75) is 44.3 Å². The van der Waals surface area contributed by atoms with Gasteiger partial charge < -0.3 is 4.90 Å². The maximum atomic E-state index is 11.9. The molecule has 1 aliphatic carbocycles. The number of halogens is 1. The van der Waals surface area contributed by atoms with Crippen LogP contribution in [0.1, 0.15) is 31.2 Å². The van der Waals surface area contributed by atoms with Gasteiger partial charge in [-0.05, 0) is 31.2 Å². The van der Waals surface area contributed by atoms with E-state index >= 15 is 0 Å². The van der Waals surface area contributed by atoms with Crippen LogP contribution < -0.4 is 0 Å². The highest BCUT2D eigenvalue weighted by Crippen LogP contribution is 2.30. The van der Waals surface area contributed by atoms with Crippen LogP contribution in [0.2, 0.25) is 0 Å². The summed E-state index contributed by atoms with van der Waals surface area (Å²) in [6.45, 7) is 2.85. The van der Waals surface area contributed by atoms with E-state index in [9.17, 15) is 4.79 Å². The van der Waals surface area contributed by atoms with E-state index in [1.807, 2.05) is 4.90 Å². The van der Waals surface area contributed by atoms with Gasteiger partial charge >= 0.3 is 0 Å². The minimum atomic E-state index is 0.0922. The molecule has 0 bridgehead atoms. The Kier molecular flexibility index (Phi) is 4.81. The van der Waals surface area contributed by atoms with Crippen LogP contribution >= 0.6 is 11.6 Å². The van der Waals surface area contributed by atoms with E-state index in [1.165, 1.54) is 18.4 Å². The molecule has 0 N–H and O–H groups in total. The summed E-state index contributed by atoms with van der Waals surface area (Å²) in [6.07, 6.45) is 4.81. The second-order valence-electron chi connectivity index (χ2n) is 6.16. The molecule has 1 saturated carbocycles. The fourth-order valence-electron chi connectivity index (χ4n) is 3.30. The average molecular weight is 307 g/mol. The lowest BCUT2D eigenvalue weighted by Crippen LogP contribution is -2.44. The Labute approximate surface area is 131 Å². The van der Waals surface area contributed by atoms with Crippen molar-refractivity contribution in [1.29, 1.82) is 0 Å². The highest BCUT2D eigenvalue weighted by Gasteiger charge is 2.35. The van der Waals surface area contributed by atoms with Gasteiger partial charge in [0.2, 0.25) is 5.91 Å². The van der Waals surface area contributed by atoms with E-state index in [0.717, 1.165) is 32.5 Å². The van der Waals surface area contributed by atoms with Gasteiger partial charge in [-0.25, -0.2) is 0 Å². The van der Waals surface area contributed by atoms with Crippen LogP contribution in [0.15, 0.2) is 30.3 Å². The molecule has 114 valence electrons. The molecule has 1 aromatic carbocycles. The van der Waals surface area contributed by atoms with Crippen LogP contribution in [-0.2, 0) is 11.3 Å². The first-order valence-electron chi connectivity index (χ1n) is 7.91. The van der Waals surface area contributed by atoms with Crippen molar-refractivity contribution >= 4 is 17.5 Å². The topological polar surface area (TPSA) is 23.6 Å². The van der Waals surface area contributed by atoms with Gasteiger partial charge in [0, 0.05) is 31.7 Å². The second kappa shape index (κ2) is 6.80. The summed E-state index contributed by atoms with van der Waals surface area (Å²) in [7, 11) is 0. The summed E-state index contributed by atoms with van der Waals surface area (Å²) in [5, 5.41) is 0. The molecular weight excluding hydrogens is 284 g/mol. The van der Waals surface area contributed by atoms with E-state index in [0.29, 0.717) is 12.1 Å². The SMILES string of the molecule is O=C(CCl)N1CCC[C@@H]1CN(Cc1ccccc1)C1CC1. The summed E-state index contributed by atoms with van der Waals surface area (Å²) in [6, 6.07) is 11.7. The number of carbonyl (C=O) groups excluding carboxylic acids is 1. The number of likely N-dealkylation sites (tertiary alicyclic amines) is 1. The van der Waals surface area contributed by atoms with Crippen molar-refractivity contribution in [3.63, 3.8) is 0 Å². The van der Waals surface area contributed by atoms with Gasteiger partial charge in [0.15, 0.2) is 0 Å². The number of rotatable bonds is 6. The summed E-state index contributed by atoms with van der Waals surface area (Å²) in [4.78, 5) is 16.5. The fourth-order valence-corrected chi connectivity index (χ4v) is 3.46. The quantitative estimate of drug-likeness (QED) is 0.755. The molecule has 2 aliphatic rings. The molecule has 21 heavy (non-hydrogen) atoms. The fraction of sp³-hybridized carbons (Fsp3) is 0.588.